The Morgan fingerprint density at radius 3 is 1.93 bits per heavy atom. The molecule has 0 aliphatic heterocycles. The van der Waals surface area contributed by atoms with Crippen LogP contribution in [0.4, 0.5) is 0 Å². The average molecular weight is 204 g/mol. The molecule has 84 valence electrons. The van der Waals surface area contributed by atoms with Crippen LogP contribution in [0.15, 0.2) is 12.1 Å². The largest absolute Gasteiger partial charge is 0.0651 e. The molecule has 0 spiro atoms. The third kappa shape index (κ3) is 2.84. The Labute approximate surface area is 94.7 Å². The van der Waals surface area contributed by atoms with E-state index in [0.717, 1.165) is 0 Å². The summed E-state index contributed by atoms with van der Waals surface area (Å²) in [5, 5.41) is 0. The van der Waals surface area contributed by atoms with Crippen LogP contribution in [0.1, 0.15) is 55.9 Å². The molecule has 0 amide bonds. The van der Waals surface area contributed by atoms with E-state index >= 15 is 0 Å². The Bertz CT molecular complexity index is 310. The van der Waals surface area contributed by atoms with Gasteiger partial charge in [0.1, 0.15) is 0 Å². The van der Waals surface area contributed by atoms with E-state index in [9.17, 15) is 0 Å². The molecule has 0 aliphatic rings. The molecule has 0 bridgehead atoms. The van der Waals surface area contributed by atoms with Crippen LogP contribution in [0.5, 0.6) is 0 Å². The second-order valence-electron chi connectivity index (χ2n) is 4.34. The summed E-state index contributed by atoms with van der Waals surface area (Å²) in [5.74, 6) is 0. The molecule has 0 nitrogen and oxygen atoms in total. The standard InChI is InChI=1S/C15H24/c1-5-8-13-10-11-14(9-6-2)15(7-3)12(13)4/h10-11H,5-9H2,1-4H3. The third-order valence-corrected chi connectivity index (χ3v) is 3.20. The van der Waals surface area contributed by atoms with E-state index in [4.69, 9.17) is 0 Å². The van der Waals surface area contributed by atoms with Gasteiger partial charge in [-0.3, -0.25) is 0 Å². The van der Waals surface area contributed by atoms with Crippen molar-refractivity contribution in [3.8, 4) is 0 Å². The maximum Gasteiger partial charge on any atom is -0.0279 e. The van der Waals surface area contributed by atoms with Gasteiger partial charge in [-0.25, -0.2) is 0 Å². The zero-order valence-corrected chi connectivity index (χ0v) is 10.7. The van der Waals surface area contributed by atoms with Crippen molar-refractivity contribution in [2.45, 2.75) is 59.8 Å². The smallest absolute Gasteiger partial charge is 0.0279 e. The number of rotatable bonds is 5. The highest BCUT2D eigenvalue weighted by Crippen LogP contribution is 2.21. The first-order valence-corrected chi connectivity index (χ1v) is 6.34. The molecule has 1 aromatic carbocycles. The summed E-state index contributed by atoms with van der Waals surface area (Å²) >= 11 is 0. The average Bonchev–Trinajstić information content (AvgIpc) is 2.23. The molecule has 0 radical (unpaired) electrons. The Kier molecular flexibility index (Phi) is 4.87. The van der Waals surface area contributed by atoms with Gasteiger partial charge < -0.3 is 0 Å². The molecule has 0 heterocycles. The van der Waals surface area contributed by atoms with Gasteiger partial charge in [0.05, 0.1) is 0 Å². The summed E-state index contributed by atoms with van der Waals surface area (Å²) in [6, 6.07) is 4.68. The minimum absolute atomic E-state index is 1.18. The predicted octanol–water partition coefficient (Wildman–Crippen LogP) is 4.46. The van der Waals surface area contributed by atoms with Gasteiger partial charge >= 0.3 is 0 Å². The van der Waals surface area contributed by atoms with Crippen LogP contribution in [0.2, 0.25) is 0 Å². The first-order valence-electron chi connectivity index (χ1n) is 6.34. The van der Waals surface area contributed by atoms with Crippen LogP contribution in [-0.4, -0.2) is 0 Å². The Morgan fingerprint density at radius 2 is 1.40 bits per heavy atom. The van der Waals surface area contributed by atoms with Gasteiger partial charge in [-0.2, -0.15) is 0 Å². The first kappa shape index (κ1) is 12.3. The van der Waals surface area contributed by atoms with Crippen molar-refractivity contribution in [1.29, 1.82) is 0 Å². The van der Waals surface area contributed by atoms with Crippen molar-refractivity contribution >= 4 is 0 Å². The second kappa shape index (κ2) is 5.95. The molecule has 15 heavy (non-hydrogen) atoms. The summed E-state index contributed by atoms with van der Waals surface area (Å²) in [6.45, 7) is 9.08. The second-order valence-corrected chi connectivity index (χ2v) is 4.34. The lowest BCUT2D eigenvalue weighted by atomic mass is 9.91. The van der Waals surface area contributed by atoms with Crippen molar-refractivity contribution in [3.63, 3.8) is 0 Å². The van der Waals surface area contributed by atoms with Crippen LogP contribution < -0.4 is 0 Å². The minimum atomic E-state index is 1.18. The van der Waals surface area contributed by atoms with Gasteiger partial charge in [-0.15, -0.1) is 0 Å². The number of hydrogen-bond acceptors (Lipinski definition) is 0. The van der Waals surface area contributed by atoms with E-state index in [0.29, 0.717) is 0 Å². The van der Waals surface area contributed by atoms with E-state index in [-0.39, 0.29) is 0 Å². The predicted molar refractivity (Wildman–Crippen MR) is 68.5 cm³/mol. The lowest BCUT2D eigenvalue weighted by Crippen LogP contribution is -2.00. The zero-order chi connectivity index (χ0) is 11.3. The molecular weight excluding hydrogens is 180 g/mol. The lowest BCUT2D eigenvalue weighted by Gasteiger charge is -2.14. The molecule has 1 rings (SSSR count). The summed E-state index contributed by atoms with van der Waals surface area (Å²) in [4.78, 5) is 0. The van der Waals surface area contributed by atoms with Gasteiger partial charge in [0.2, 0.25) is 0 Å². The summed E-state index contributed by atoms with van der Waals surface area (Å²) in [5.41, 5.74) is 6.26. The van der Waals surface area contributed by atoms with Crippen LogP contribution >= 0.6 is 0 Å². The fraction of sp³-hybridized carbons (Fsp3) is 0.600. The normalized spacial score (nSPS) is 10.7. The van der Waals surface area contributed by atoms with Crippen molar-refractivity contribution in [2.24, 2.45) is 0 Å². The van der Waals surface area contributed by atoms with Gasteiger partial charge in [0, 0.05) is 0 Å². The van der Waals surface area contributed by atoms with Crippen molar-refractivity contribution < 1.29 is 0 Å². The van der Waals surface area contributed by atoms with E-state index < -0.39 is 0 Å². The minimum Gasteiger partial charge on any atom is -0.0651 e. The van der Waals surface area contributed by atoms with Crippen molar-refractivity contribution in [3.05, 3.63) is 34.4 Å². The zero-order valence-electron chi connectivity index (χ0n) is 10.7. The molecule has 0 saturated heterocycles. The van der Waals surface area contributed by atoms with E-state index in [2.05, 4.69) is 39.8 Å². The van der Waals surface area contributed by atoms with Gasteiger partial charge in [-0.1, -0.05) is 45.7 Å². The molecule has 0 unspecified atom stereocenters. The maximum absolute atomic E-state index is 2.35. The highest BCUT2D eigenvalue weighted by atomic mass is 14.1. The van der Waals surface area contributed by atoms with Crippen LogP contribution in [0, 0.1) is 6.92 Å². The van der Waals surface area contributed by atoms with E-state index in [1.54, 1.807) is 22.3 Å². The molecular formula is C15H24. The molecule has 0 aliphatic carbocycles. The molecule has 0 N–H and O–H groups in total. The van der Waals surface area contributed by atoms with Crippen molar-refractivity contribution in [2.75, 3.05) is 0 Å². The maximum atomic E-state index is 2.35. The highest BCUT2D eigenvalue weighted by Gasteiger charge is 2.07. The molecule has 0 fully saturated rings. The lowest BCUT2D eigenvalue weighted by molar-refractivity contribution is 0.871. The summed E-state index contributed by atoms with van der Waals surface area (Å²) in [6.07, 6.45) is 6.14. The number of aryl methyl sites for hydroxylation is 2. The summed E-state index contributed by atoms with van der Waals surface area (Å²) in [7, 11) is 0. The fourth-order valence-corrected chi connectivity index (χ4v) is 2.40. The molecule has 0 atom stereocenters. The van der Waals surface area contributed by atoms with Crippen LogP contribution in [0.25, 0.3) is 0 Å². The molecule has 1 aromatic rings. The van der Waals surface area contributed by atoms with Crippen LogP contribution in [-0.2, 0) is 19.3 Å². The molecule has 0 saturated carbocycles. The Morgan fingerprint density at radius 1 is 0.867 bits per heavy atom. The quantitative estimate of drug-likeness (QED) is 0.664. The summed E-state index contributed by atoms with van der Waals surface area (Å²) < 4.78 is 0. The Hall–Kier alpha value is -0.780. The first-order chi connectivity index (χ1) is 7.24. The van der Waals surface area contributed by atoms with Gasteiger partial charge in [0.25, 0.3) is 0 Å². The van der Waals surface area contributed by atoms with E-state index in [1.165, 1.54) is 32.1 Å². The van der Waals surface area contributed by atoms with E-state index in [1.807, 2.05) is 0 Å². The Balaban J connectivity index is 3.08. The monoisotopic (exact) mass is 204 g/mol. The highest BCUT2D eigenvalue weighted by molar-refractivity contribution is 5.40. The number of hydrogen-bond donors (Lipinski definition) is 0. The molecule has 0 aromatic heterocycles. The van der Waals surface area contributed by atoms with Gasteiger partial charge in [0.15, 0.2) is 0 Å². The SMILES string of the molecule is CCCc1ccc(CCC)c(CC)c1C. The topological polar surface area (TPSA) is 0 Å². The van der Waals surface area contributed by atoms with Gasteiger partial charge in [-0.05, 0) is 48.4 Å². The number of benzene rings is 1. The third-order valence-electron chi connectivity index (χ3n) is 3.20. The molecule has 0 heteroatoms. The van der Waals surface area contributed by atoms with Crippen LogP contribution in [0.3, 0.4) is 0 Å². The van der Waals surface area contributed by atoms with Crippen molar-refractivity contribution in [1.82, 2.24) is 0 Å². The fourth-order valence-electron chi connectivity index (χ4n) is 2.40.